The van der Waals surface area contributed by atoms with Crippen LogP contribution in [0.25, 0.3) is 11.1 Å². The van der Waals surface area contributed by atoms with E-state index in [1.807, 2.05) is 0 Å². The lowest BCUT2D eigenvalue weighted by Crippen LogP contribution is -2.29. The Labute approximate surface area is 140 Å². The van der Waals surface area contributed by atoms with Crippen LogP contribution in [0.15, 0.2) is 54.1 Å². The fourth-order valence-corrected chi connectivity index (χ4v) is 2.51. The maximum Gasteiger partial charge on any atom is 0.433 e. The summed E-state index contributed by atoms with van der Waals surface area (Å²) < 4.78 is 45.5. The normalized spacial score (nSPS) is 14.6. The molecule has 3 rings (SSSR count). The van der Waals surface area contributed by atoms with Gasteiger partial charge in [-0.1, -0.05) is 18.7 Å². The maximum atomic E-state index is 13.6. The van der Waals surface area contributed by atoms with Crippen molar-refractivity contribution in [2.45, 2.75) is 13.1 Å². The number of alkyl halides is 3. The Morgan fingerprint density at radius 2 is 1.96 bits per heavy atom. The van der Waals surface area contributed by atoms with Crippen LogP contribution in [0.3, 0.4) is 0 Å². The smallest absolute Gasteiger partial charge is 0.407 e. The molecular formula is C17H12F3N3O2. The van der Waals surface area contributed by atoms with Crippen molar-refractivity contribution >= 4 is 11.8 Å². The Morgan fingerprint density at radius 1 is 1.20 bits per heavy atom. The number of nitrogens with one attached hydrogen (secondary N) is 1. The lowest BCUT2D eigenvalue weighted by molar-refractivity contribution is -0.137. The van der Waals surface area contributed by atoms with Crippen LogP contribution in [-0.2, 0) is 10.9 Å². The Kier molecular flexibility index (Phi) is 4.03. The van der Waals surface area contributed by atoms with Gasteiger partial charge in [0.1, 0.15) is 5.71 Å². The molecule has 0 bridgehead atoms. The highest BCUT2D eigenvalue weighted by Crippen LogP contribution is 2.39. The number of hydrogen-bond donors (Lipinski definition) is 1. The van der Waals surface area contributed by atoms with Gasteiger partial charge in [0.05, 0.1) is 5.56 Å². The van der Waals surface area contributed by atoms with Crippen LogP contribution in [0, 0.1) is 6.92 Å². The van der Waals surface area contributed by atoms with E-state index in [0.717, 1.165) is 6.07 Å². The van der Waals surface area contributed by atoms with E-state index < -0.39 is 17.8 Å². The lowest BCUT2D eigenvalue weighted by Gasteiger charge is -2.19. The van der Waals surface area contributed by atoms with Gasteiger partial charge in [-0.3, -0.25) is 4.98 Å². The third kappa shape index (κ3) is 3.23. The molecule has 0 unspecified atom stereocenters. The maximum absolute atomic E-state index is 13.6. The first-order valence-corrected chi connectivity index (χ1v) is 7.15. The summed E-state index contributed by atoms with van der Waals surface area (Å²) in [6.45, 7) is 5.19. The number of hydrogen-bond acceptors (Lipinski definition) is 4. The molecular weight excluding hydrogens is 335 g/mol. The minimum absolute atomic E-state index is 0.0306. The predicted molar refractivity (Wildman–Crippen MR) is 84.7 cm³/mol. The van der Waals surface area contributed by atoms with Crippen LogP contribution in [0.2, 0.25) is 0 Å². The molecule has 1 aliphatic rings. The third-order valence-corrected chi connectivity index (χ3v) is 3.65. The van der Waals surface area contributed by atoms with E-state index in [1.165, 1.54) is 30.6 Å². The van der Waals surface area contributed by atoms with Gasteiger partial charge in [0.15, 0.2) is 5.76 Å². The molecule has 25 heavy (non-hydrogen) atoms. The number of aryl methyl sites for hydroxylation is 1. The van der Waals surface area contributed by atoms with Crippen LogP contribution in [-0.4, -0.2) is 16.8 Å². The predicted octanol–water partition coefficient (Wildman–Crippen LogP) is 4.03. The number of aromatic nitrogens is 1. The van der Waals surface area contributed by atoms with Crippen molar-refractivity contribution in [1.82, 2.24) is 10.4 Å². The summed E-state index contributed by atoms with van der Waals surface area (Å²) in [7, 11) is 0. The SMILES string of the molecule is C=C1OC(=O)NN=C1c1ccc(-c2ccncc2C)c(C(F)(F)F)c1. The van der Waals surface area contributed by atoms with Crippen LogP contribution in [0.5, 0.6) is 0 Å². The molecule has 2 heterocycles. The van der Waals surface area contributed by atoms with E-state index in [2.05, 4.69) is 22.1 Å². The Bertz CT molecular complexity index is 904. The minimum Gasteiger partial charge on any atom is -0.407 e. The Hall–Kier alpha value is -3.16. The van der Waals surface area contributed by atoms with Crippen molar-refractivity contribution in [3.8, 4) is 11.1 Å². The highest BCUT2D eigenvalue weighted by molar-refractivity contribution is 6.13. The molecule has 0 fully saturated rings. The van der Waals surface area contributed by atoms with Gasteiger partial charge >= 0.3 is 12.3 Å². The number of carbonyl (C=O) groups excluding carboxylic acids is 1. The number of cyclic esters (lactones) is 1. The molecule has 1 N–H and O–H groups in total. The number of ether oxygens (including phenoxy) is 1. The van der Waals surface area contributed by atoms with Gasteiger partial charge in [0.2, 0.25) is 0 Å². The summed E-state index contributed by atoms with van der Waals surface area (Å²) in [5.74, 6) is -0.121. The lowest BCUT2D eigenvalue weighted by atomic mass is 9.94. The topological polar surface area (TPSA) is 63.6 Å². The van der Waals surface area contributed by atoms with Crippen molar-refractivity contribution in [2.75, 3.05) is 0 Å². The van der Waals surface area contributed by atoms with Gasteiger partial charge in [-0.2, -0.15) is 18.3 Å². The molecule has 0 saturated heterocycles. The molecule has 8 heteroatoms. The van der Waals surface area contributed by atoms with Gasteiger partial charge in [-0.05, 0) is 35.7 Å². The quantitative estimate of drug-likeness (QED) is 0.892. The second-order valence-corrected chi connectivity index (χ2v) is 5.33. The molecule has 0 saturated carbocycles. The van der Waals surface area contributed by atoms with Gasteiger partial charge in [-0.25, -0.2) is 10.2 Å². The summed E-state index contributed by atoms with van der Waals surface area (Å²) in [6.07, 6.45) is -2.48. The molecule has 1 aromatic carbocycles. The molecule has 0 spiro atoms. The summed E-state index contributed by atoms with van der Waals surface area (Å²) >= 11 is 0. The zero-order chi connectivity index (χ0) is 18.2. The van der Waals surface area contributed by atoms with E-state index in [9.17, 15) is 18.0 Å². The molecule has 2 aromatic rings. The Morgan fingerprint density at radius 3 is 2.60 bits per heavy atom. The molecule has 0 aliphatic carbocycles. The van der Waals surface area contributed by atoms with E-state index in [4.69, 9.17) is 4.74 Å². The first kappa shape index (κ1) is 16.7. The molecule has 0 radical (unpaired) electrons. The van der Waals surface area contributed by atoms with E-state index in [1.54, 1.807) is 6.92 Å². The largest absolute Gasteiger partial charge is 0.433 e. The van der Waals surface area contributed by atoms with Gasteiger partial charge in [-0.15, -0.1) is 0 Å². The average molecular weight is 347 g/mol. The number of hydrazone groups is 1. The third-order valence-electron chi connectivity index (χ3n) is 3.65. The number of allylic oxidation sites excluding steroid dienone is 1. The summed E-state index contributed by atoms with van der Waals surface area (Å²) in [6, 6.07) is 5.31. The van der Waals surface area contributed by atoms with Crippen LogP contribution in [0.4, 0.5) is 18.0 Å². The van der Waals surface area contributed by atoms with Gasteiger partial charge in [0, 0.05) is 18.0 Å². The van der Waals surface area contributed by atoms with Crippen molar-refractivity contribution in [3.63, 3.8) is 0 Å². The van der Waals surface area contributed by atoms with Crippen LogP contribution >= 0.6 is 0 Å². The Balaban J connectivity index is 2.16. The first-order chi connectivity index (χ1) is 11.8. The van der Waals surface area contributed by atoms with Gasteiger partial charge in [0.25, 0.3) is 0 Å². The molecule has 1 aliphatic heterocycles. The molecule has 0 atom stereocenters. The number of rotatable bonds is 2. The van der Waals surface area contributed by atoms with E-state index in [0.29, 0.717) is 11.1 Å². The van der Waals surface area contributed by atoms with Crippen LogP contribution in [0.1, 0.15) is 16.7 Å². The monoisotopic (exact) mass is 347 g/mol. The van der Waals surface area contributed by atoms with Crippen molar-refractivity contribution in [2.24, 2.45) is 5.10 Å². The van der Waals surface area contributed by atoms with Crippen molar-refractivity contribution in [1.29, 1.82) is 0 Å². The molecule has 1 amide bonds. The number of amides is 1. The zero-order valence-electron chi connectivity index (χ0n) is 13.0. The van der Waals surface area contributed by atoms with Crippen molar-refractivity contribution in [3.05, 3.63) is 65.7 Å². The fraction of sp³-hybridized carbons (Fsp3) is 0.118. The number of halogens is 3. The van der Waals surface area contributed by atoms with Crippen molar-refractivity contribution < 1.29 is 22.7 Å². The number of pyridine rings is 1. The fourth-order valence-electron chi connectivity index (χ4n) is 2.51. The molecule has 128 valence electrons. The zero-order valence-corrected chi connectivity index (χ0v) is 13.0. The van der Waals surface area contributed by atoms with Crippen LogP contribution < -0.4 is 5.43 Å². The second-order valence-electron chi connectivity index (χ2n) is 5.33. The molecule has 1 aromatic heterocycles. The minimum atomic E-state index is -4.58. The summed E-state index contributed by atoms with van der Waals surface area (Å²) in [4.78, 5) is 15.0. The average Bonchev–Trinajstić information content (AvgIpc) is 2.54. The summed E-state index contributed by atoms with van der Waals surface area (Å²) in [5.41, 5.74) is 2.47. The number of nitrogens with zero attached hydrogens (tertiary/aromatic N) is 2. The standard InChI is InChI=1S/C17H12F3N3O2/c1-9-8-21-6-5-12(9)13-4-3-11(7-14(13)17(18,19)20)15-10(2)25-16(24)23-22-15/h3-8H,2H2,1H3,(H,23,24). The van der Waals surface area contributed by atoms with E-state index in [-0.39, 0.29) is 22.6 Å². The second kappa shape index (κ2) is 6.04. The molecule has 5 nitrogen and oxygen atoms in total. The number of carbonyl (C=O) groups is 1. The highest BCUT2D eigenvalue weighted by Gasteiger charge is 2.35. The van der Waals surface area contributed by atoms with E-state index >= 15 is 0 Å². The summed E-state index contributed by atoms with van der Waals surface area (Å²) in [5, 5.41) is 3.72. The number of benzene rings is 1. The highest BCUT2D eigenvalue weighted by atomic mass is 19.4. The first-order valence-electron chi connectivity index (χ1n) is 7.15. The van der Waals surface area contributed by atoms with Gasteiger partial charge < -0.3 is 4.74 Å².